The Morgan fingerprint density at radius 3 is 3.07 bits per heavy atom. The molecule has 1 saturated heterocycles. The number of hydrogen-bond acceptors (Lipinski definition) is 7. The van der Waals surface area contributed by atoms with Crippen LogP contribution in [0.1, 0.15) is 25.5 Å². The van der Waals surface area contributed by atoms with E-state index in [-0.39, 0.29) is 25.0 Å². The lowest BCUT2D eigenvalue weighted by Gasteiger charge is -2.37. The summed E-state index contributed by atoms with van der Waals surface area (Å²) in [5.41, 5.74) is 3.61. The van der Waals surface area contributed by atoms with Crippen molar-refractivity contribution in [1.82, 2.24) is 24.8 Å². The van der Waals surface area contributed by atoms with Gasteiger partial charge in [0.2, 0.25) is 5.91 Å². The second-order valence-electron chi connectivity index (χ2n) is 7.66. The summed E-state index contributed by atoms with van der Waals surface area (Å²) in [4.78, 5) is 30.1. The maximum absolute atomic E-state index is 12.3. The van der Waals surface area contributed by atoms with Crippen LogP contribution in [0.4, 0.5) is 5.69 Å². The standard InChI is InChI=1S/C21H23N7O2/c1-13-6-14(10-28(9-13)19(30)2-4-22)27-20-16-3-5-23-21(16)24-8-17(20)18-7-15(11-29)25-12-26-18/h3,5,7-8,12-14,29H,2,6,9-11H2,1H3,(H2,23,24,27)/t13-,14+/m0/s1. The highest BCUT2D eigenvalue weighted by Crippen LogP contribution is 2.34. The van der Waals surface area contributed by atoms with Gasteiger partial charge in [-0.25, -0.2) is 15.0 Å². The second kappa shape index (κ2) is 8.47. The third-order valence-corrected chi connectivity index (χ3v) is 5.34. The number of carbonyl (C=O) groups is 1. The van der Waals surface area contributed by atoms with Crippen LogP contribution in [-0.4, -0.2) is 55.0 Å². The lowest BCUT2D eigenvalue weighted by molar-refractivity contribution is -0.132. The van der Waals surface area contributed by atoms with E-state index in [1.807, 2.05) is 18.3 Å². The number of nitriles is 1. The fraction of sp³-hybridized carbons (Fsp3) is 0.381. The summed E-state index contributed by atoms with van der Waals surface area (Å²) in [5, 5.41) is 22.9. The van der Waals surface area contributed by atoms with Crippen molar-refractivity contribution < 1.29 is 9.90 Å². The Kier molecular flexibility index (Phi) is 5.59. The number of hydrogen-bond donors (Lipinski definition) is 3. The summed E-state index contributed by atoms with van der Waals surface area (Å²) in [7, 11) is 0. The van der Waals surface area contributed by atoms with Gasteiger partial charge < -0.3 is 20.3 Å². The molecule has 3 aromatic rings. The molecule has 1 aliphatic heterocycles. The number of nitrogens with zero attached hydrogens (tertiary/aromatic N) is 5. The number of H-pyrrole nitrogens is 1. The fourth-order valence-electron chi connectivity index (χ4n) is 4.03. The van der Waals surface area contributed by atoms with Gasteiger partial charge in [0.15, 0.2) is 0 Å². The van der Waals surface area contributed by atoms with Gasteiger partial charge in [0.1, 0.15) is 18.4 Å². The molecule has 0 unspecified atom stereocenters. The first-order chi connectivity index (χ1) is 14.6. The van der Waals surface area contributed by atoms with Crippen molar-refractivity contribution in [3.05, 3.63) is 36.5 Å². The molecule has 0 bridgehead atoms. The maximum Gasteiger partial charge on any atom is 0.236 e. The molecule has 4 heterocycles. The molecule has 3 aromatic heterocycles. The van der Waals surface area contributed by atoms with Crippen molar-refractivity contribution in [2.75, 3.05) is 18.4 Å². The number of anilines is 1. The molecule has 0 saturated carbocycles. The number of aromatic nitrogens is 4. The Bertz CT molecular complexity index is 1100. The molecule has 1 aliphatic rings. The Balaban J connectivity index is 1.70. The summed E-state index contributed by atoms with van der Waals surface area (Å²) in [6, 6.07) is 5.67. The fourth-order valence-corrected chi connectivity index (χ4v) is 4.03. The molecule has 0 aromatic carbocycles. The number of likely N-dealkylation sites (tertiary alicyclic amines) is 1. The van der Waals surface area contributed by atoms with Crippen molar-refractivity contribution >= 4 is 22.6 Å². The van der Waals surface area contributed by atoms with Gasteiger partial charge >= 0.3 is 0 Å². The lowest BCUT2D eigenvalue weighted by Crippen LogP contribution is -2.48. The lowest BCUT2D eigenvalue weighted by atomic mass is 9.95. The Morgan fingerprint density at radius 1 is 1.40 bits per heavy atom. The summed E-state index contributed by atoms with van der Waals surface area (Å²) in [6.07, 6.45) is 5.80. The summed E-state index contributed by atoms with van der Waals surface area (Å²) in [5.74, 6) is 0.173. The van der Waals surface area contributed by atoms with Crippen LogP contribution in [0.5, 0.6) is 0 Å². The smallest absolute Gasteiger partial charge is 0.236 e. The number of aliphatic hydroxyl groups excluding tert-OH is 1. The minimum Gasteiger partial charge on any atom is -0.390 e. The Hall–Kier alpha value is -3.51. The zero-order valence-corrected chi connectivity index (χ0v) is 16.7. The van der Waals surface area contributed by atoms with Crippen LogP contribution in [0.15, 0.2) is 30.9 Å². The third kappa shape index (κ3) is 3.95. The van der Waals surface area contributed by atoms with Gasteiger partial charge in [0, 0.05) is 42.5 Å². The number of nitrogens with one attached hydrogen (secondary N) is 2. The molecule has 4 rings (SSSR count). The van der Waals surface area contributed by atoms with Crippen LogP contribution in [-0.2, 0) is 11.4 Å². The monoisotopic (exact) mass is 405 g/mol. The van der Waals surface area contributed by atoms with Crippen LogP contribution >= 0.6 is 0 Å². The van der Waals surface area contributed by atoms with E-state index in [1.54, 1.807) is 17.2 Å². The molecule has 0 spiro atoms. The van der Waals surface area contributed by atoms with Gasteiger partial charge in [-0.1, -0.05) is 6.92 Å². The molecular weight excluding hydrogens is 382 g/mol. The number of pyridine rings is 1. The zero-order chi connectivity index (χ0) is 21.1. The van der Waals surface area contributed by atoms with E-state index in [0.717, 1.165) is 28.7 Å². The van der Waals surface area contributed by atoms with Gasteiger partial charge in [-0.15, -0.1) is 0 Å². The molecule has 154 valence electrons. The van der Waals surface area contributed by atoms with Crippen LogP contribution in [0.3, 0.4) is 0 Å². The van der Waals surface area contributed by atoms with E-state index in [4.69, 9.17) is 5.26 Å². The molecule has 9 nitrogen and oxygen atoms in total. The van der Waals surface area contributed by atoms with Crippen LogP contribution < -0.4 is 5.32 Å². The molecule has 30 heavy (non-hydrogen) atoms. The SMILES string of the molecule is C[C@H]1C[C@@H](Nc2c(-c3cc(CO)ncn3)cnc3[nH]ccc23)CN(C(=O)CC#N)C1. The van der Waals surface area contributed by atoms with Crippen molar-refractivity contribution in [3.8, 4) is 17.3 Å². The molecular formula is C21H23N7O2. The Morgan fingerprint density at radius 2 is 2.27 bits per heavy atom. The van der Waals surface area contributed by atoms with Crippen molar-refractivity contribution in [3.63, 3.8) is 0 Å². The van der Waals surface area contributed by atoms with Gasteiger partial charge in [0.25, 0.3) is 0 Å². The number of aromatic amines is 1. The van der Waals surface area contributed by atoms with E-state index in [0.29, 0.717) is 30.4 Å². The normalized spacial score (nSPS) is 18.9. The highest BCUT2D eigenvalue weighted by molar-refractivity contribution is 5.97. The minimum absolute atomic E-state index is 0.0230. The number of rotatable bonds is 5. The average molecular weight is 405 g/mol. The summed E-state index contributed by atoms with van der Waals surface area (Å²) in [6.45, 7) is 3.13. The highest BCUT2D eigenvalue weighted by Gasteiger charge is 2.28. The molecule has 1 fully saturated rings. The number of amides is 1. The third-order valence-electron chi connectivity index (χ3n) is 5.34. The number of aliphatic hydroxyl groups is 1. The van der Waals surface area contributed by atoms with E-state index in [9.17, 15) is 9.90 Å². The maximum atomic E-state index is 12.3. The Labute approximate surface area is 173 Å². The molecule has 0 aliphatic carbocycles. The van der Waals surface area contributed by atoms with Crippen LogP contribution in [0.2, 0.25) is 0 Å². The van der Waals surface area contributed by atoms with Gasteiger partial charge in [-0.3, -0.25) is 4.79 Å². The first-order valence-corrected chi connectivity index (χ1v) is 9.88. The van der Waals surface area contributed by atoms with Crippen molar-refractivity contribution in [2.24, 2.45) is 5.92 Å². The zero-order valence-electron chi connectivity index (χ0n) is 16.7. The predicted octanol–water partition coefficient (Wildman–Crippen LogP) is 2.07. The largest absolute Gasteiger partial charge is 0.390 e. The molecule has 9 heteroatoms. The number of fused-ring (bicyclic) bond motifs is 1. The van der Waals surface area contributed by atoms with Gasteiger partial charge in [0.05, 0.1) is 29.8 Å². The van der Waals surface area contributed by atoms with E-state index >= 15 is 0 Å². The minimum atomic E-state index is -0.172. The molecule has 1 amide bonds. The van der Waals surface area contributed by atoms with E-state index in [2.05, 4.69) is 32.2 Å². The first kappa shape index (κ1) is 19.8. The highest BCUT2D eigenvalue weighted by atomic mass is 16.3. The van der Waals surface area contributed by atoms with Crippen LogP contribution in [0.25, 0.3) is 22.3 Å². The van der Waals surface area contributed by atoms with Crippen LogP contribution in [0, 0.1) is 17.2 Å². The van der Waals surface area contributed by atoms with Crippen molar-refractivity contribution in [1.29, 1.82) is 5.26 Å². The number of carbonyl (C=O) groups excluding carboxylic acids is 1. The first-order valence-electron chi connectivity index (χ1n) is 9.88. The topological polar surface area (TPSA) is 131 Å². The molecule has 2 atom stereocenters. The quantitative estimate of drug-likeness (QED) is 0.592. The average Bonchev–Trinajstić information content (AvgIpc) is 3.23. The van der Waals surface area contributed by atoms with Gasteiger partial charge in [-0.2, -0.15) is 5.26 Å². The second-order valence-corrected chi connectivity index (χ2v) is 7.66. The van der Waals surface area contributed by atoms with Crippen molar-refractivity contribution in [2.45, 2.75) is 32.4 Å². The summed E-state index contributed by atoms with van der Waals surface area (Å²) < 4.78 is 0. The van der Waals surface area contributed by atoms with Gasteiger partial charge in [-0.05, 0) is 24.5 Å². The molecule has 0 radical (unpaired) electrons. The molecule has 3 N–H and O–H groups in total. The van der Waals surface area contributed by atoms with E-state index in [1.165, 1.54) is 6.33 Å². The summed E-state index contributed by atoms with van der Waals surface area (Å²) >= 11 is 0. The number of piperidine rings is 1. The predicted molar refractivity (Wildman–Crippen MR) is 111 cm³/mol. The van der Waals surface area contributed by atoms with E-state index < -0.39 is 0 Å².